The van der Waals surface area contributed by atoms with Gasteiger partial charge in [0.15, 0.2) is 5.52 Å². The Balaban J connectivity index is 1.73. The number of pyridine rings is 1. The number of fused-ring (bicyclic) bond motifs is 1. The normalized spacial score (nSPS) is 14.4. The molecule has 2 aromatic heterocycles. The number of nitrogens with zero attached hydrogens (tertiary/aromatic N) is 4. The van der Waals surface area contributed by atoms with Crippen LogP contribution in [0.3, 0.4) is 0 Å². The topological polar surface area (TPSA) is 77.3 Å². The minimum absolute atomic E-state index is 0.139. The molecule has 1 amide bonds. The summed E-state index contributed by atoms with van der Waals surface area (Å²) in [7, 11) is 0. The van der Waals surface area contributed by atoms with Crippen LogP contribution in [0.15, 0.2) is 59.8 Å². The zero-order chi connectivity index (χ0) is 22.3. The molecule has 31 heavy (non-hydrogen) atoms. The number of amides is 1. The summed E-state index contributed by atoms with van der Waals surface area (Å²) in [6, 6.07) is 5.04. The number of hydrogen-bond donors (Lipinski definition) is 0. The third-order valence-electron chi connectivity index (χ3n) is 4.97. The van der Waals surface area contributed by atoms with E-state index in [9.17, 15) is 22.8 Å². The Morgan fingerprint density at radius 1 is 1.13 bits per heavy atom. The SMILES string of the molecule is C=C(C)C(=O)N1CC(n2cc(-c3ccc(OC(F)(F)F)cc3)c3nccnc3c2=O)C1. The summed E-state index contributed by atoms with van der Waals surface area (Å²) in [4.78, 5) is 35.0. The minimum atomic E-state index is -4.79. The van der Waals surface area contributed by atoms with E-state index in [-0.39, 0.29) is 28.8 Å². The predicted octanol–water partition coefficient (Wildman–Crippen LogP) is 3.32. The van der Waals surface area contributed by atoms with Crippen LogP contribution < -0.4 is 10.3 Å². The summed E-state index contributed by atoms with van der Waals surface area (Å²) in [5, 5.41) is 0. The molecule has 1 aliphatic rings. The monoisotopic (exact) mass is 430 g/mol. The van der Waals surface area contributed by atoms with Gasteiger partial charge in [-0.25, -0.2) is 4.98 Å². The van der Waals surface area contributed by atoms with E-state index >= 15 is 0 Å². The summed E-state index contributed by atoms with van der Waals surface area (Å²) in [5.74, 6) is -0.529. The summed E-state index contributed by atoms with van der Waals surface area (Å²) >= 11 is 0. The zero-order valence-electron chi connectivity index (χ0n) is 16.4. The second-order valence-electron chi connectivity index (χ2n) is 7.23. The summed E-state index contributed by atoms with van der Waals surface area (Å²) in [5.41, 5.74) is 1.62. The first-order valence-corrected chi connectivity index (χ1v) is 9.31. The number of aromatic nitrogens is 3. The molecule has 1 fully saturated rings. The highest BCUT2D eigenvalue weighted by atomic mass is 19.4. The van der Waals surface area contributed by atoms with Crippen molar-refractivity contribution in [3.05, 3.63) is 65.4 Å². The summed E-state index contributed by atoms with van der Waals surface area (Å²) < 4.78 is 42.7. The first-order valence-electron chi connectivity index (χ1n) is 9.31. The lowest BCUT2D eigenvalue weighted by Gasteiger charge is -2.40. The fourth-order valence-electron chi connectivity index (χ4n) is 3.46. The van der Waals surface area contributed by atoms with Crippen molar-refractivity contribution in [3.63, 3.8) is 0 Å². The van der Waals surface area contributed by atoms with E-state index in [1.54, 1.807) is 18.0 Å². The van der Waals surface area contributed by atoms with Crippen LogP contribution in [0, 0.1) is 0 Å². The molecule has 0 bridgehead atoms. The van der Waals surface area contributed by atoms with E-state index in [1.807, 2.05) is 0 Å². The maximum absolute atomic E-state index is 13.0. The Kier molecular flexibility index (Phi) is 5.00. The van der Waals surface area contributed by atoms with Crippen molar-refractivity contribution in [3.8, 4) is 16.9 Å². The number of benzene rings is 1. The van der Waals surface area contributed by atoms with Gasteiger partial charge in [0.25, 0.3) is 5.56 Å². The Hall–Kier alpha value is -3.69. The van der Waals surface area contributed by atoms with Crippen molar-refractivity contribution in [2.75, 3.05) is 13.1 Å². The molecule has 160 valence electrons. The molecule has 3 heterocycles. The van der Waals surface area contributed by atoms with E-state index in [0.29, 0.717) is 35.3 Å². The van der Waals surface area contributed by atoms with Gasteiger partial charge in [0, 0.05) is 42.8 Å². The molecule has 0 N–H and O–H groups in total. The molecule has 0 atom stereocenters. The molecule has 4 rings (SSSR count). The average Bonchev–Trinajstić information content (AvgIpc) is 2.68. The van der Waals surface area contributed by atoms with Gasteiger partial charge >= 0.3 is 6.36 Å². The van der Waals surface area contributed by atoms with Gasteiger partial charge in [-0.2, -0.15) is 0 Å². The molecule has 1 aromatic carbocycles. The molecule has 7 nitrogen and oxygen atoms in total. The highest BCUT2D eigenvalue weighted by molar-refractivity contribution is 5.93. The van der Waals surface area contributed by atoms with Gasteiger partial charge in [0.2, 0.25) is 5.91 Å². The Morgan fingerprint density at radius 2 is 1.74 bits per heavy atom. The minimum Gasteiger partial charge on any atom is -0.406 e. The number of ether oxygens (including phenoxy) is 1. The van der Waals surface area contributed by atoms with Gasteiger partial charge < -0.3 is 14.2 Å². The van der Waals surface area contributed by atoms with Crippen molar-refractivity contribution < 1.29 is 22.7 Å². The van der Waals surface area contributed by atoms with Gasteiger partial charge in [-0.1, -0.05) is 18.7 Å². The lowest BCUT2D eigenvalue weighted by atomic mass is 10.0. The maximum atomic E-state index is 13.0. The predicted molar refractivity (Wildman–Crippen MR) is 106 cm³/mol. The van der Waals surface area contributed by atoms with Crippen LogP contribution in [0.25, 0.3) is 22.2 Å². The first kappa shape index (κ1) is 20.6. The van der Waals surface area contributed by atoms with Crippen molar-refractivity contribution in [1.82, 2.24) is 19.4 Å². The fraction of sp³-hybridized carbons (Fsp3) is 0.238. The standard InChI is InChI=1S/C21H17F3N4O3/c1-12(2)19(29)27-9-14(10-27)28-11-16(17-18(20(28)30)26-8-7-25-17)13-3-5-15(6-4-13)31-21(22,23)24/h3-8,11,14H,1,9-10H2,2H3. The molecule has 0 spiro atoms. The number of rotatable bonds is 4. The molecule has 0 unspecified atom stereocenters. The number of likely N-dealkylation sites (tertiary alicyclic amines) is 1. The smallest absolute Gasteiger partial charge is 0.406 e. The quantitative estimate of drug-likeness (QED) is 0.594. The van der Waals surface area contributed by atoms with Gasteiger partial charge in [-0.05, 0) is 24.6 Å². The third kappa shape index (κ3) is 4.00. The second-order valence-corrected chi connectivity index (χ2v) is 7.23. The van der Waals surface area contributed by atoms with E-state index < -0.39 is 6.36 Å². The molecule has 0 radical (unpaired) electrons. The van der Waals surface area contributed by atoms with Crippen molar-refractivity contribution in [1.29, 1.82) is 0 Å². The van der Waals surface area contributed by atoms with E-state index in [2.05, 4.69) is 21.3 Å². The van der Waals surface area contributed by atoms with Crippen LogP contribution in [0.4, 0.5) is 13.2 Å². The molecule has 0 aliphatic carbocycles. The van der Waals surface area contributed by atoms with E-state index in [1.165, 1.54) is 41.2 Å². The van der Waals surface area contributed by atoms with Crippen molar-refractivity contribution in [2.45, 2.75) is 19.3 Å². The Morgan fingerprint density at radius 3 is 2.32 bits per heavy atom. The fourth-order valence-corrected chi connectivity index (χ4v) is 3.46. The number of carbonyl (C=O) groups excluding carboxylic acids is 1. The molecule has 3 aromatic rings. The third-order valence-corrected chi connectivity index (χ3v) is 4.97. The van der Waals surface area contributed by atoms with Crippen LogP contribution >= 0.6 is 0 Å². The second kappa shape index (κ2) is 7.53. The number of carbonyl (C=O) groups is 1. The van der Waals surface area contributed by atoms with Crippen LogP contribution in [-0.2, 0) is 4.79 Å². The maximum Gasteiger partial charge on any atom is 0.573 e. The van der Waals surface area contributed by atoms with Crippen LogP contribution in [-0.4, -0.2) is 44.8 Å². The van der Waals surface area contributed by atoms with Crippen LogP contribution in [0.5, 0.6) is 5.75 Å². The number of alkyl halides is 3. The van der Waals surface area contributed by atoms with Gasteiger partial charge in [-0.15, -0.1) is 13.2 Å². The van der Waals surface area contributed by atoms with E-state index in [4.69, 9.17) is 0 Å². The first-order chi connectivity index (χ1) is 14.6. The summed E-state index contributed by atoms with van der Waals surface area (Å²) in [6.45, 7) is 5.95. The van der Waals surface area contributed by atoms with Crippen molar-refractivity contribution >= 4 is 16.9 Å². The highest BCUT2D eigenvalue weighted by Gasteiger charge is 2.33. The molecule has 10 heteroatoms. The number of halogens is 3. The Bertz CT molecular complexity index is 1230. The van der Waals surface area contributed by atoms with Crippen LogP contribution in [0.1, 0.15) is 13.0 Å². The van der Waals surface area contributed by atoms with Gasteiger partial charge in [0.1, 0.15) is 11.3 Å². The number of hydrogen-bond acceptors (Lipinski definition) is 5. The van der Waals surface area contributed by atoms with Crippen LogP contribution in [0.2, 0.25) is 0 Å². The van der Waals surface area contributed by atoms with Gasteiger partial charge in [0.05, 0.1) is 6.04 Å². The molecule has 0 saturated carbocycles. The lowest BCUT2D eigenvalue weighted by molar-refractivity contribution is -0.274. The highest BCUT2D eigenvalue weighted by Crippen LogP contribution is 2.30. The molecule has 1 aliphatic heterocycles. The molecular formula is C21H17F3N4O3. The van der Waals surface area contributed by atoms with Gasteiger partial charge in [-0.3, -0.25) is 14.6 Å². The Labute approximate surface area is 174 Å². The molecular weight excluding hydrogens is 413 g/mol. The largest absolute Gasteiger partial charge is 0.573 e. The van der Waals surface area contributed by atoms with Crippen molar-refractivity contribution in [2.24, 2.45) is 0 Å². The average molecular weight is 430 g/mol. The van der Waals surface area contributed by atoms with E-state index in [0.717, 1.165) is 0 Å². The lowest BCUT2D eigenvalue weighted by Crippen LogP contribution is -2.53. The zero-order valence-corrected chi connectivity index (χ0v) is 16.4. The summed E-state index contributed by atoms with van der Waals surface area (Å²) in [6.07, 6.45) is -0.348. The molecule has 1 saturated heterocycles.